The molecule has 204 valence electrons. The number of carbonyl (C=O) groups is 1. The summed E-state index contributed by atoms with van der Waals surface area (Å²) in [4.78, 5) is 19.7. The molecule has 2 aliphatic rings. The Morgan fingerprint density at radius 2 is 1.85 bits per heavy atom. The standard InChI is InChI=1S/C28H28F2N4O4S/c29-18-9-10-21(23(30)17-18)28-33-25(22-7-3-4-8-24(22)34-13-15-39(36,37)16-14-34)26(38-28)19-5-1-2-6-20(19)27(35)32-12-11-31/h3-4,7-10,17,19-20H,1-2,5-6,12-16H2,(H,32,35)/t19-,20-/m1/s1. The van der Waals surface area contributed by atoms with E-state index in [9.17, 15) is 22.0 Å². The maximum absolute atomic E-state index is 14.8. The number of sulfone groups is 1. The highest BCUT2D eigenvalue weighted by Gasteiger charge is 2.38. The monoisotopic (exact) mass is 554 g/mol. The molecule has 3 aromatic rings. The van der Waals surface area contributed by atoms with E-state index >= 15 is 0 Å². The largest absolute Gasteiger partial charge is 0.440 e. The third-order valence-electron chi connectivity index (χ3n) is 7.44. The minimum absolute atomic E-state index is 0.00765. The summed E-state index contributed by atoms with van der Waals surface area (Å²) in [7, 11) is -3.11. The molecular weight excluding hydrogens is 526 g/mol. The van der Waals surface area contributed by atoms with Crippen LogP contribution in [0.15, 0.2) is 46.9 Å². The van der Waals surface area contributed by atoms with Gasteiger partial charge >= 0.3 is 0 Å². The van der Waals surface area contributed by atoms with E-state index in [-0.39, 0.29) is 41.3 Å². The van der Waals surface area contributed by atoms with Crippen molar-refractivity contribution in [3.63, 3.8) is 0 Å². The average molecular weight is 555 g/mol. The minimum atomic E-state index is -3.11. The molecule has 1 amide bonds. The first-order valence-corrected chi connectivity index (χ1v) is 14.7. The van der Waals surface area contributed by atoms with Crippen LogP contribution in [0.5, 0.6) is 0 Å². The number of benzene rings is 2. The van der Waals surface area contributed by atoms with Crippen LogP contribution >= 0.6 is 0 Å². The average Bonchev–Trinajstić information content (AvgIpc) is 3.36. The van der Waals surface area contributed by atoms with E-state index < -0.39 is 27.4 Å². The summed E-state index contributed by atoms with van der Waals surface area (Å²) in [5.74, 6) is -2.22. The number of hydrogen-bond donors (Lipinski definition) is 1. The molecule has 1 saturated heterocycles. The number of nitrogens with zero attached hydrogens (tertiary/aromatic N) is 3. The Morgan fingerprint density at radius 3 is 2.59 bits per heavy atom. The number of oxazole rings is 1. The first-order valence-electron chi connectivity index (χ1n) is 12.9. The van der Waals surface area contributed by atoms with Crippen molar-refractivity contribution in [1.29, 1.82) is 5.26 Å². The lowest BCUT2D eigenvalue weighted by atomic mass is 9.76. The van der Waals surface area contributed by atoms with Crippen molar-refractivity contribution in [3.8, 4) is 28.8 Å². The molecule has 2 atom stereocenters. The van der Waals surface area contributed by atoms with Gasteiger partial charge in [-0.2, -0.15) is 5.26 Å². The van der Waals surface area contributed by atoms with Crippen LogP contribution < -0.4 is 10.2 Å². The molecule has 1 aliphatic heterocycles. The van der Waals surface area contributed by atoms with Crippen molar-refractivity contribution in [2.24, 2.45) is 5.92 Å². The summed E-state index contributed by atoms with van der Waals surface area (Å²) in [6.45, 7) is 0.515. The fourth-order valence-corrected chi connectivity index (χ4v) is 6.67. The zero-order valence-corrected chi connectivity index (χ0v) is 22.0. The Morgan fingerprint density at radius 1 is 1.10 bits per heavy atom. The van der Waals surface area contributed by atoms with Crippen LogP contribution in [0.25, 0.3) is 22.7 Å². The fourth-order valence-electron chi connectivity index (χ4n) is 5.47. The van der Waals surface area contributed by atoms with Crippen LogP contribution in [0.2, 0.25) is 0 Å². The minimum Gasteiger partial charge on any atom is -0.440 e. The second-order valence-corrected chi connectivity index (χ2v) is 12.2. The molecule has 1 aliphatic carbocycles. The molecule has 1 saturated carbocycles. The first-order chi connectivity index (χ1) is 18.8. The molecule has 1 N–H and O–H groups in total. The van der Waals surface area contributed by atoms with Crippen LogP contribution in [0.1, 0.15) is 37.4 Å². The van der Waals surface area contributed by atoms with E-state index in [2.05, 4.69) is 5.32 Å². The number of amides is 1. The summed E-state index contributed by atoms with van der Waals surface area (Å²) in [5.41, 5.74) is 1.86. The Hall–Kier alpha value is -3.78. The third kappa shape index (κ3) is 5.66. The van der Waals surface area contributed by atoms with Gasteiger partial charge in [-0.05, 0) is 31.0 Å². The number of hydrogen-bond acceptors (Lipinski definition) is 7. The Balaban J connectivity index is 1.63. The summed E-state index contributed by atoms with van der Waals surface area (Å²) >= 11 is 0. The fraction of sp³-hybridized carbons (Fsp3) is 0.393. The van der Waals surface area contributed by atoms with E-state index in [1.54, 1.807) is 0 Å². The molecule has 39 heavy (non-hydrogen) atoms. The predicted octanol–water partition coefficient (Wildman–Crippen LogP) is 4.44. The number of halogens is 2. The van der Waals surface area contributed by atoms with Crippen LogP contribution in [-0.2, 0) is 14.6 Å². The Labute approximate surface area is 225 Å². The van der Waals surface area contributed by atoms with Gasteiger partial charge in [-0.1, -0.05) is 31.0 Å². The number of nitrogens with one attached hydrogen (secondary N) is 1. The van der Waals surface area contributed by atoms with Crippen molar-refractivity contribution in [1.82, 2.24) is 10.3 Å². The highest BCUT2D eigenvalue weighted by molar-refractivity contribution is 7.91. The summed E-state index contributed by atoms with van der Waals surface area (Å²) < 4.78 is 58.8. The molecule has 0 spiro atoms. The highest BCUT2D eigenvalue weighted by atomic mass is 32.2. The van der Waals surface area contributed by atoms with Gasteiger partial charge < -0.3 is 14.6 Å². The van der Waals surface area contributed by atoms with Gasteiger partial charge in [-0.3, -0.25) is 4.79 Å². The maximum atomic E-state index is 14.8. The van der Waals surface area contributed by atoms with Gasteiger partial charge in [-0.25, -0.2) is 22.2 Å². The van der Waals surface area contributed by atoms with E-state index in [1.165, 1.54) is 6.07 Å². The molecule has 2 heterocycles. The zero-order valence-electron chi connectivity index (χ0n) is 21.2. The van der Waals surface area contributed by atoms with Gasteiger partial charge in [-0.15, -0.1) is 0 Å². The van der Waals surface area contributed by atoms with E-state index in [0.29, 0.717) is 42.9 Å². The second kappa shape index (κ2) is 11.1. The zero-order chi connectivity index (χ0) is 27.6. The number of nitriles is 1. The van der Waals surface area contributed by atoms with Crippen molar-refractivity contribution in [3.05, 3.63) is 59.9 Å². The lowest BCUT2D eigenvalue weighted by Crippen LogP contribution is -2.40. The van der Waals surface area contributed by atoms with Crippen LogP contribution in [0.4, 0.5) is 14.5 Å². The Bertz CT molecular complexity index is 1520. The quantitative estimate of drug-likeness (QED) is 0.448. The highest BCUT2D eigenvalue weighted by Crippen LogP contribution is 2.45. The van der Waals surface area contributed by atoms with E-state index in [1.807, 2.05) is 35.2 Å². The normalized spacial score (nSPS) is 20.8. The van der Waals surface area contributed by atoms with Gasteiger partial charge in [0, 0.05) is 42.2 Å². The summed E-state index contributed by atoms with van der Waals surface area (Å²) in [5, 5.41) is 11.6. The van der Waals surface area contributed by atoms with Crippen molar-refractivity contribution in [2.45, 2.75) is 31.6 Å². The Kier molecular flexibility index (Phi) is 7.66. The van der Waals surface area contributed by atoms with Crippen molar-refractivity contribution in [2.75, 3.05) is 36.0 Å². The number of aromatic nitrogens is 1. The molecular formula is C28H28F2N4O4S. The molecule has 0 radical (unpaired) electrons. The summed E-state index contributed by atoms with van der Waals surface area (Å²) in [6, 6.07) is 12.5. The molecule has 2 fully saturated rings. The number of carbonyl (C=O) groups excluding carboxylic acids is 1. The van der Waals surface area contributed by atoms with Gasteiger partial charge in [0.2, 0.25) is 11.8 Å². The molecule has 5 rings (SSSR count). The number of para-hydroxylation sites is 1. The maximum Gasteiger partial charge on any atom is 0.229 e. The molecule has 0 bridgehead atoms. The van der Waals surface area contributed by atoms with Gasteiger partial charge in [0.05, 0.1) is 23.1 Å². The smallest absolute Gasteiger partial charge is 0.229 e. The number of anilines is 1. The van der Waals surface area contributed by atoms with Gasteiger partial charge in [0.1, 0.15) is 29.6 Å². The van der Waals surface area contributed by atoms with E-state index in [0.717, 1.165) is 30.7 Å². The lowest BCUT2D eigenvalue weighted by molar-refractivity contribution is -0.126. The van der Waals surface area contributed by atoms with E-state index in [4.69, 9.17) is 14.7 Å². The predicted molar refractivity (Wildman–Crippen MR) is 141 cm³/mol. The SMILES string of the molecule is N#CCNC(=O)[C@@H]1CCCC[C@H]1c1oc(-c2ccc(F)cc2F)nc1-c1ccccc1N1CCS(=O)(=O)CC1. The van der Waals surface area contributed by atoms with Crippen LogP contribution in [0, 0.1) is 28.9 Å². The van der Waals surface area contributed by atoms with Crippen LogP contribution in [0.3, 0.4) is 0 Å². The lowest BCUT2D eigenvalue weighted by Gasteiger charge is -2.31. The second-order valence-electron chi connectivity index (χ2n) is 9.89. The molecule has 1 aromatic heterocycles. The summed E-state index contributed by atoms with van der Waals surface area (Å²) in [6.07, 6.45) is 2.90. The third-order valence-corrected chi connectivity index (χ3v) is 9.05. The van der Waals surface area contributed by atoms with Gasteiger partial charge in [0.15, 0.2) is 9.84 Å². The first kappa shape index (κ1) is 26.8. The molecule has 2 aromatic carbocycles. The topological polar surface area (TPSA) is 116 Å². The molecule has 11 heteroatoms. The van der Waals surface area contributed by atoms with Crippen molar-refractivity contribution < 1.29 is 26.4 Å². The molecule has 0 unspecified atom stereocenters. The number of rotatable bonds is 6. The van der Waals surface area contributed by atoms with Gasteiger partial charge in [0.25, 0.3) is 0 Å². The van der Waals surface area contributed by atoms with Crippen LogP contribution in [-0.4, -0.2) is 50.4 Å². The van der Waals surface area contributed by atoms with Crippen molar-refractivity contribution >= 4 is 21.4 Å². The molecule has 8 nitrogen and oxygen atoms in total.